The molecule has 27 heavy (non-hydrogen) atoms. The van der Waals surface area contributed by atoms with E-state index >= 15 is 0 Å². The van der Waals surface area contributed by atoms with E-state index in [0.717, 1.165) is 12.1 Å². The molecule has 0 aliphatic heterocycles. The number of rotatable bonds is 8. The van der Waals surface area contributed by atoms with Gasteiger partial charge in [-0.3, -0.25) is 4.79 Å². The molecule has 0 aliphatic rings. The predicted molar refractivity (Wildman–Crippen MR) is 103 cm³/mol. The van der Waals surface area contributed by atoms with Crippen LogP contribution in [0.2, 0.25) is 0 Å². The van der Waals surface area contributed by atoms with Crippen molar-refractivity contribution in [3.05, 3.63) is 78.4 Å². The fourth-order valence-electron chi connectivity index (χ4n) is 2.65. The molecule has 0 saturated heterocycles. The first-order valence-corrected chi connectivity index (χ1v) is 8.77. The van der Waals surface area contributed by atoms with Crippen LogP contribution < -0.4 is 14.8 Å². The Morgan fingerprint density at radius 1 is 1.15 bits per heavy atom. The molecule has 140 valence electrons. The Hall–Kier alpha value is -3.28. The highest BCUT2D eigenvalue weighted by Crippen LogP contribution is 2.25. The Morgan fingerprint density at radius 3 is 2.56 bits per heavy atom. The summed E-state index contributed by atoms with van der Waals surface area (Å²) in [6.07, 6.45) is 5.42. The van der Waals surface area contributed by atoms with Gasteiger partial charge in [0.15, 0.2) is 11.5 Å². The lowest BCUT2D eigenvalue weighted by Gasteiger charge is -2.16. The van der Waals surface area contributed by atoms with Gasteiger partial charge in [0.1, 0.15) is 6.61 Å². The third-order valence-electron chi connectivity index (χ3n) is 4.08. The van der Waals surface area contributed by atoms with Crippen molar-refractivity contribution in [1.82, 2.24) is 14.9 Å². The lowest BCUT2D eigenvalue weighted by atomic mass is 10.1. The minimum Gasteiger partial charge on any atom is -0.493 e. The Kier molecular flexibility index (Phi) is 6.10. The van der Waals surface area contributed by atoms with Crippen molar-refractivity contribution in [3.63, 3.8) is 0 Å². The lowest BCUT2D eigenvalue weighted by Crippen LogP contribution is -2.36. The van der Waals surface area contributed by atoms with Crippen LogP contribution in [0.15, 0.2) is 67.3 Å². The van der Waals surface area contributed by atoms with Crippen LogP contribution in [0.5, 0.6) is 11.5 Å². The number of hydrogen-bond donors (Lipinski definition) is 1. The van der Waals surface area contributed by atoms with Crippen molar-refractivity contribution < 1.29 is 14.3 Å². The van der Waals surface area contributed by atoms with Gasteiger partial charge in [-0.05, 0) is 36.8 Å². The molecule has 0 unspecified atom stereocenters. The first kappa shape index (κ1) is 18.5. The molecule has 0 radical (unpaired) electrons. The van der Waals surface area contributed by atoms with Crippen molar-refractivity contribution in [2.24, 2.45) is 0 Å². The third kappa shape index (κ3) is 5.10. The minimum atomic E-state index is -0.145. The van der Waals surface area contributed by atoms with Gasteiger partial charge in [-0.15, -0.1) is 0 Å². The molecule has 0 spiro atoms. The van der Waals surface area contributed by atoms with E-state index in [4.69, 9.17) is 9.47 Å². The number of carbonyl (C=O) groups is 1. The number of nitrogens with one attached hydrogen (secondary N) is 1. The van der Waals surface area contributed by atoms with Crippen molar-refractivity contribution in [2.75, 3.05) is 13.7 Å². The number of amides is 1. The number of aromatic nitrogens is 2. The number of ether oxygens (including phenoxy) is 2. The maximum Gasteiger partial charge on any atom is 0.251 e. The number of benzene rings is 2. The molecule has 1 heterocycles. The largest absolute Gasteiger partial charge is 0.493 e. The third-order valence-corrected chi connectivity index (χ3v) is 4.08. The maximum atomic E-state index is 12.4. The van der Waals surface area contributed by atoms with Gasteiger partial charge < -0.3 is 19.4 Å². The lowest BCUT2D eigenvalue weighted by molar-refractivity contribution is 0.0926. The van der Waals surface area contributed by atoms with Gasteiger partial charge in [-0.2, -0.15) is 0 Å². The SMILES string of the molecule is COc1ccccc1OC[C@@H](C)NC(=O)c1ccc(Cn2ccnc2)cc1. The highest BCUT2D eigenvalue weighted by molar-refractivity contribution is 5.94. The van der Waals surface area contributed by atoms with Gasteiger partial charge in [0.25, 0.3) is 5.91 Å². The van der Waals surface area contributed by atoms with Crippen LogP contribution in [0.25, 0.3) is 0 Å². The van der Waals surface area contributed by atoms with Gasteiger partial charge in [-0.25, -0.2) is 4.98 Å². The van der Waals surface area contributed by atoms with Crippen LogP contribution in [0, 0.1) is 0 Å². The van der Waals surface area contributed by atoms with Crippen LogP contribution in [-0.4, -0.2) is 35.2 Å². The molecule has 3 aromatic rings. The normalized spacial score (nSPS) is 11.6. The second kappa shape index (κ2) is 8.89. The zero-order chi connectivity index (χ0) is 19.1. The van der Waals surface area contributed by atoms with E-state index in [-0.39, 0.29) is 11.9 Å². The second-order valence-corrected chi connectivity index (χ2v) is 6.27. The van der Waals surface area contributed by atoms with E-state index in [1.54, 1.807) is 19.6 Å². The molecular formula is C21H23N3O3. The zero-order valence-electron chi connectivity index (χ0n) is 15.5. The highest BCUT2D eigenvalue weighted by atomic mass is 16.5. The number of nitrogens with zero attached hydrogens (tertiary/aromatic N) is 2. The Morgan fingerprint density at radius 2 is 1.89 bits per heavy atom. The van der Waals surface area contributed by atoms with E-state index in [9.17, 15) is 4.79 Å². The quantitative estimate of drug-likeness (QED) is 0.666. The smallest absolute Gasteiger partial charge is 0.251 e. The molecule has 6 heteroatoms. The zero-order valence-corrected chi connectivity index (χ0v) is 15.5. The molecule has 0 aliphatic carbocycles. The fourth-order valence-corrected chi connectivity index (χ4v) is 2.65. The van der Waals surface area contributed by atoms with Crippen LogP contribution in [-0.2, 0) is 6.54 Å². The number of imidazole rings is 1. The van der Waals surface area contributed by atoms with Crippen LogP contribution in [0.4, 0.5) is 0 Å². The van der Waals surface area contributed by atoms with Gasteiger partial charge >= 0.3 is 0 Å². The van der Waals surface area contributed by atoms with E-state index in [0.29, 0.717) is 23.7 Å². The molecule has 0 bridgehead atoms. The number of hydrogen-bond acceptors (Lipinski definition) is 4. The molecule has 0 fully saturated rings. The topological polar surface area (TPSA) is 65.4 Å². The first-order chi connectivity index (χ1) is 13.2. The standard InChI is InChI=1S/C21H23N3O3/c1-16(14-27-20-6-4-3-5-19(20)26-2)23-21(25)18-9-7-17(8-10-18)13-24-12-11-22-15-24/h3-12,15-16H,13-14H2,1-2H3,(H,23,25)/t16-/m1/s1. The average Bonchev–Trinajstić information content (AvgIpc) is 3.20. The van der Waals surface area contributed by atoms with Crippen molar-refractivity contribution in [3.8, 4) is 11.5 Å². The summed E-state index contributed by atoms with van der Waals surface area (Å²) < 4.78 is 13.0. The van der Waals surface area contributed by atoms with Gasteiger partial charge in [0.05, 0.1) is 19.5 Å². The monoisotopic (exact) mass is 365 g/mol. The Balaban J connectivity index is 1.51. The second-order valence-electron chi connectivity index (χ2n) is 6.27. The molecule has 1 aromatic heterocycles. The summed E-state index contributed by atoms with van der Waals surface area (Å²) in [4.78, 5) is 16.4. The summed E-state index contributed by atoms with van der Waals surface area (Å²) in [5.74, 6) is 1.20. The van der Waals surface area contributed by atoms with Crippen LogP contribution in [0.1, 0.15) is 22.8 Å². The summed E-state index contributed by atoms with van der Waals surface area (Å²) in [7, 11) is 1.60. The molecule has 2 aromatic carbocycles. The molecule has 3 rings (SSSR count). The van der Waals surface area contributed by atoms with Gasteiger partial charge in [-0.1, -0.05) is 24.3 Å². The molecule has 6 nitrogen and oxygen atoms in total. The highest BCUT2D eigenvalue weighted by Gasteiger charge is 2.11. The summed E-state index contributed by atoms with van der Waals surface area (Å²) in [6, 6.07) is 14.9. The Bertz CT molecular complexity index is 861. The van der Waals surface area contributed by atoms with Crippen LogP contribution >= 0.6 is 0 Å². The molecule has 1 atom stereocenters. The minimum absolute atomic E-state index is 0.125. The first-order valence-electron chi connectivity index (χ1n) is 8.77. The summed E-state index contributed by atoms with van der Waals surface area (Å²) in [6.45, 7) is 2.98. The van der Waals surface area contributed by atoms with Crippen molar-refractivity contribution >= 4 is 5.91 Å². The van der Waals surface area contributed by atoms with Crippen LogP contribution in [0.3, 0.4) is 0 Å². The van der Waals surface area contributed by atoms with Crippen molar-refractivity contribution in [1.29, 1.82) is 0 Å². The summed E-state index contributed by atoms with van der Waals surface area (Å²) >= 11 is 0. The van der Waals surface area contributed by atoms with E-state index in [1.165, 1.54) is 0 Å². The number of methoxy groups -OCH3 is 1. The van der Waals surface area contributed by atoms with Crippen molar-refractivity contribution in [2.45, 2.75) is 19.5 Å². The molecule has 1 amide bonds. The Labute approximate surface area is 158 Å². The van der Waals surface area contributed by atoms with Gasteiger partial charge in [0, 0.05) is 24.5 Å². The van der Waals surface area contributed by atoms with Gasteiger partial charge in [0.2, 0.25) is 0 Å². The maximum absolute atomic E-state index is 12.4. The molecular weight excluding hydrogens is 342 g/mol. The molecule has 1 N–H and O–H groups in total. The van der Waals surface area contributed by atoms with E-state index < -0.39 is 0 Å². The fraction of sp³-hybridized carbons (Fsp3) is 0.238. The predicted octanol–water partition coefficient (Wildman–Crippen LogP) is 3.14. The summed E-state index contributed by atoms with van der Waals surface area (Å²) in [5, 5.41) is 2.95. The number of para-hydroxylation sites is 2. The number of carbonyl (C=O) groups excluding carboxylic acids is 1. The van der Waals surface area contributed by atoms with E-state index in [2.05, 4.69) is 10.3 Å². The summed E-state index contributed by atoms with van der Waals surface area (Å²) in [5.41, 5.74) is 1.73. The average molecular weight is 365 g/mol. The molecule has 0 saturated carbocycles. The van der Waals surface area contributed by atoms with E-state index in [1.807, 2.05) is 66.2 Å².